The van der Waals surface area contributed by atoms with E-state index in [9.17, 15) is 4.79 Å². The van der Waals surface area contributed by atoms with Crippen molar-refractivity contribution in [2.45, 2.75) is 45.3 Å². The largest absolute Gasteiger partial charge is 0.299 e. The Labute approximate surface area is 87.6 Å². The van der Waals surface area contributed by atoms with Gasteiger partial charge in [-0.2, -0.15) is 0 Å². The van der Waals surface area contributed by atoms with Crippen LogP contribution in [0.5, 0.6) is 0 Å². The molecule has 0 aliphatic heterocycles. The first-order valence-electron chi connectivity index (χ1n) is 5.72. The number of hydrogen-bond acceptors (Lipinski definition) is 1. The fraction of sp³-hybridized carbons (Fsp3) is 0.750. The maximum Gasteiger partial charge on any atom is 0.140 e. The SMILES string of the molecule is C[Si](C)(C)C1=C[C@H]2C(=O)CCC[C@H]2C1. The van der Waals surface area contributed by atoms with E-state index in [0.29, 0.717) is 17.6 Å². The van der Waals surface area contributed by atoms with Crippen LogP contribution in [0.2, 0.25) is 19.6 Å². The highest BCUT2D eigenvalue weighted by molar-refractivity contribution is 6.83. The van der Waals surface area contributed by atoms with E-state index in [1.54, 1.807) is 5.20 Å². The molecule has 0 heterocycles. The first-order chi connectivity index (χ1) is 6.48. The highest BCUT2D eigenvalue weighted by atomic mass is 28.3. The Balaban J connectivity index is 2.19. The quantitative estimate of drug-likeness (QED) is 0.605. The Morgan fingerprint density at radius 2 is 2.07 bits per heavy atom. The van der Waals surface area contributed by atoms with Gasteiger partial charge in [0.1, 0.15) is 5.78 Å². The van der Waals surface area contributed by atoms with Crippen molar-refractivity contribution in [3.05, 3.63) is 11.3 Å². The summed E-state index contributed by atoms with van der Waals surface area (Å²) in [6.45, 7) is 7.17. The summed E-state index contributed by atoms with van der Waals surface area (Å²) in [4.78, 5) is 11.7. The van der Waals surface area contributed by atoms with Crippen LogP contribution in [0.15, 0.2) is 11.3 Å². The molecule has 0 spiro atoms. The van der Waals surface area contributed by atoms with Gasteiger partial charge in [0.2, 0.25) is 0 Å². The van der Waals surface area contributed by atoms with Gasteiger partial charge in [0.05, 0.1) is 8.07 Å². The number of carbonyl (C=O) groups excluding carboxylic acids is 1. The summed E-state index contributed by atoms with van der Waals surface area (Å²) in [7, 11) is -1.13. The van der Waals surface area contributed by atoms with Crippen LogP contribution >= 0.6 is 0 Å². The Hall–Kier alpha value is -0.373. The van der Waals surface area contributed by atoms with Gasteiger partial charge in [0.25, 0.3) is 0 Å². The molecule has 0 aromatic carbocycles. The van der Waals surface area contributed by atoms with E-state index >= 15 is 0 Å². The van der Waals surface area contributed by atoms with Crippen molar-refractivity contribution in [1.82, 2.24) is 0 Å². The minimum absolute atomic E-state index is 0.311. The van der Waals surface area contributed by atoms with Gasteiger partial charge in [-0.1, -0.05) is 30.9 Å². The van der Waals surface area contributed by atoms with Crippen LogP contribution in [-0.4, -0.2) is 13.9 Å². The lowest BCUT2D eigenvalue weighted by Gasteiger charge is -2.24. The molecule has 1 saturated carbocycles. The standard InChI is InChI=1S/C12H20OSi/c1-14(2,3)10-7-9-5-4-6-12(13)11(9)8-10/h8-9,11H,4-7H2,1-3H3/t9-,11+/m0/s1. The third-order valence-corrected chi connectivity index (χ3v) is 6.00. The van der Waals surface area contributed by atoms with Gasteiger partial charge in [0.15, 0.2) is 0 Å². The van der Waals surface area contributed by atoms with Crippen molar-refractivity contribution in [2.75, 3.05) is 0 Å². The van der Waals surface area contributed by atoms with Gasteiger partial charge in [-0.15, -0.1) is 0 Å². The van der Waals surface area contributed by atoms with Crippen molar-refractivity contribution < 1.29 is 4.79 Å². The van der Waals surface area contributed by atoms with E-state index in [1.807, 2.05) is 0 Å². The predicted octanol–water partition coefficient (Wildman–Crippen LogP) is 3.18. The summed E-state index contributed by atoms with van der Waals surface area (Å²) < 4.78 is 0. The van der Waals surface area contributed by atoms with Crippen molar-refractivity contribution in [1.29, 1.82) is 0 Å². The molecular weight excluding hydrogens is 188 g/mol. The van der Waals surface area contributed by atoms with Crippen LogP contribution in [-0.2, 0) is 4.79 Å². The molecule has 0 radical (unpaired) electrons. The lowest BCUT2D eigenvalue weighted by Crippen LogP contribution is -2.24. The second-order valence-corrected chi connectivity index (χ2v) is 10.9. The summed E-state index contributed by atoms with van der Waals surface area (Å²) in [5, 5.41) is 1.64. The highest BCUT2D eigenvalue weighted by Crippen LogP contribution is 2.41. The first kappa shape index (κ1) is 10.2. The van der Waals surface area contributed by atoms with Crippen LogP contribution in [0.25, 0.3) is 0 Å². The molecule has 14 heavy (non-hydrogen) atoms. The third kappa shape index (κ3) is 1.72. The first-order valence-corrected chi connectivity index (χ1v) is 9.22. The van der Waals surface area contributed by atoms with Crippen molar-refractivity contribution in [3.8, 4) is 0 Å². The van der Waals surface area contributed by atoms with Crippen molar-refractivity contribution in [2.24, 2.45) is 11.8 Å². The van der Waals surface area contributed by atoms with Crippen LogP contribution in [0.1, 0.15) is 25.7 Å². The van der Waals surface area contributed by atoms with E-state index in [1.165, 1.54) is 12.8 Å². The van der Waals surface area contributed by atoms with Crippen LogP contribution in [0, 0.1) is 11.8 Å². The molecular formula is C12H20OSi. The lowest BCUT2D eigenvalue weighted by molar-refractivity contribution is -0.124. The van der Waals surface area contributed by atoms with Gasteiger partial charge in [-0.3, -0.25) is 4.79 Å². The average molecular weight is 208 g/mol. The number of fused-ring (bicyclic) bond motifs is 1. The summed E-state index contributed by atoms with van der Waals surface area (Å²) in [5.74, 6) is 1.50. The molecule has 0 saturated heterocycles. The van der Waals surface area contributed by atoms with Crippen molar-refractivity contribution >= 4 is 13.9 Å². The van der Waals surface area contributed by atoms with Crippen LogP contribution in [0.4, 0.5) is 0 Å². The summed E-state index contributed by atoms with van der Waals surface area (Å²) >= 11 is 0. The zero-order chi connectivity index (χ0) is 10.3. The molecule has 1 fully saturated rings. The second-order valence-electron chi connectivity index (χ2n) is 5.79. The van der Waals surface area contributed by atoms with E-state index in [4.69, 9.17) is 0 Å². The summed E-state index contributed by atoms with van der Waals surface area (Å²) in [6, 6.07) is 0. The van der Waals surface area contributed by atoms with E-state index < -0.39 is 8.07 Å². The second kappa shape index (κ2) is 3.33. The average Bonchev–Trinajstić information content (AvgIpc) is 2.48. The number of carbonyl (C=O) groups is 1. The third-order valence-electron chi connectivity index (χ3n) is 3.70. The number of allylic oxidation sites excluding steroid dienone is 2. The molecule has 1 nitrogen and oxygen atoms in total. The number of rotatable bonds is 1. The number of hydrogen-bond donors (Lipinski definition) is 0. The molecule has 2 aliphatic rings. The molecule has 2 atom stereocenters. The Kier molecular flexibility index (Phi) is 2.42. The molecule has 0 amide bonds. The number of ketones is 1. The maximum atomic E-state index is 11.7. The lowest BCUT2D eigenvalue weighted by atomic mass is 9.81. The smallest absolute Gasteiger partial charge is 0.140 e. The Morgan fingerprint density at radius 1 is 1.36 bits per heavy atom. The van der Waals surface area contributed by atoms with Crippen LogP contribution in [0.3, 0.4) is 0 Å². The monoisotopic (exact) mass is 208 g/mol. The molecule has 0 aromatic rings. The fourth-order valence-corrected chi connectivity index (χ4v) is 4.28. The molecule has 0 bridgehead atoms. The van der Waals surface area contributed by atoms with E-state index in [2.05, 4.69) is 25.7 Å². The molecule has 78 valence electrons. The Morgan fingerprint density at radius 3 is 2.64 bits per heavy atom. The van der Waals surface area contributed by atoms with Crippen LogP contribution < -0.4 is 0 Å². The van der Waals surface area contributed by atoms with E-state index in [-0.39, 0.29) is 0 Å². The Bertz CT molecular complexity index is 285. The highest BCUT2D eigenvalue weighted by Gasteiger charge is 2.38. The zero-order valence-corrected chi connectivity index (χ0v) is 10.5. The van der Waals surface area contributed by atoms with Gasteiger partial charge >= 0.3 is 0 Å². The summed E-state index contributed by atoms with van der Waals surface area (Å²) in [6.07, 6.45) is 6.80. The molecule has 0 N–H and O–H groups in total. The summed E-state index contributed by atoms with van der Waals surface area (Å²) in [5.41, 5.74) is 0. The maximum absolute atomic E-state index is 11.7. The normalized spacial score (nSPS) is 32.8. The van der Waals surface area contributed by atoms with E-state index in [0.717, 1.165) is 12.8 Å². The van der Waals surface area contributed by atoms with Gasteiger partial charge < -0.3 is 0 Å². The molecule has 2 heteroatoms. The zero-order valence-electron chi connectivity index (χ0n) is 9.47. The molecule has 2 aliphatic carbocycles. The van der Waals surface area contributed by atoms with Gasteiger partial charge in [-0.05, 0) is 25.2 Å². The molecule has 2 rings (SSSR count). The van der Waals surface area contributed by atoms with Gasteiger partial charge in [0, 0.05) is 12.3 Å². The topological polar surface area (TPSA) is 17.1 Å². The minimum Gasteiger partial charge on any atom is -0.299 e. The predicted molar refractivity (Wildman–Crippen MR) is 61.9 cm³/mol. The minimum atomic E-state index is -1.13. The molecule has 0 aromatic heterocycles. The molecule has 0 unspecified atom stereocenters. The van der Waals surface area contributed by atoms with Crippen molar-refractivity contribution in [3.63, 3.8) is 0 Å². The fourth-order valence-electron chi connectivity index (χ4n) is 2.73. The number of Topliss-reactive ketones (excluding diaryl/α,β-unsaturated/α-hetero) is 1. The van der Waals surface area contributed by atoms with Gasteiger partial charge in [-0.25, -0.2) is 0 Å².